The molecule has 6 N–H and O–H groups in total. The standard InChI is InChI=1S/C26H31N5O4S/c1-14(2)11-12-29-25(34)22(17-6-9-19(32)10-7-17)31(18-8-5-15(3)16(4)13-18)26(35)23-20(27)21(24(28)33)30-36-23/h5-10,13-14,22,32H,11-12,27H2,1-4H3,(H2,28,33)(H,29,34)/t22-/m0/s1. The fourth-order valence-corrected chi connectivity index (χ4v) is 4.39. The summed E-state index contributed by atoms with van der Waals surface area (Å²) in [4.78, 5) is 40.7. The summed E-state index contributed by atoms with van der Waals surface area (Å²) in [7, 11) is 0. The first-order valence-corrected chi connectivity index (χ1v) is 12.3. The van der Waals surface area contributed by atoms with Crippen LogP contribution in [-0.4, -0.2) is 33.7 Å². The zero-order valence-corrected chi connectivity index (χ0v) is 21.6. The largest absolute Gasteiger partial charge is 0.508 e. The van der Waals surface area contributed by atoms with Gasteiger partial charge >= 0.3 is 0 Å². The summed E-state index contributed by atoms with van der Waals surface area (Å²) in [5.74, 6) is -1.44. The number of amides is 3. The minimum atomic E-state index is -1.09. The van der Waals surface area contributed by atoms with Gasteiger partial charge in [-0.3, -0.25) is 19.3 Å². The van der Waals surface area contributed by atoms with Crippen molar-refractivity contribution in [3.63, 3.8) is 0 Å². The molecule has 0 saturated heterocycles. The van der Waals surface area contributed by atoms with Crippen molar-refractivity contribution in [3.05, 3.63) is 69.7 Å². The van der Waals surface area contributed by atoms with Crippen LogP contribution in [0.5, 0.6) is 5.75 Å². The molecule has 3 aromatic rings. The van der Waals surface area contributed by atoms with E-state index in [1.165, 1.54) is 17.0 Å². The second-order valence-corrected chi connectivity index (χ2v) is 9.82. The minimum Gasteiger partial charge on any atom is -0.508 e. The monoisotopic (exact) mass is 509 g/mol. The van der Waals surface area contributed by atoms with Gasteiger partial charge in [0.2, 0.25) is 5.91 Å². The molecule has 9 nitrogen and oxygen atoms in total. The van der Waals surface area contributed by atoms with Crippen molar-refractivity contribution in [1.29, 1.82) is 0 Å². The predicted molar refractivity (Wildman–Crippen MR) is 141 cm³/mol. The summed E-state index contributed by atoms with van der Waals surface area (Å²) < 4.78 is 3.96. The molecule has 2 aromatic carbocycles. The number of primary amides is 1. The van der Waals surface area contributed by atoms with Gasteiger partial charge in [0.05, 0.1) is 5.69 Å². The van der Waals surface area contributed by atoms with E-state index in [1.807, 2.05) is 26.0 Å². The van der Waals surface area contributed by atoms with Crippen LogP contribution >= 0.6 is 11.5 Å². The number of hydrogen-bond donors (Lipinski definition) is 4. The first-order chi connectivity index (χ1) is 17.0. The molecule has 0 aliphatic carbocycles. The summed E-state index contributed by atoms with van der Waals surface area (Å²) >= 11 is 0.753. The molecular weight excluding hydrogens is 478 g/mol. The molecule has 0 saturated carbocycles. The van der Waals surface area contributed by atoms with Gasteiger partial charge in [0.15, 0.2) is 5.69 Å². The Balaban J connectivity index is 2.18. The fourth-order valence-electron chi connectivity index (χ4n) is 3.65. The molecular formula is C26H31N5O4S. The number of hydrogen-bond acceptors (Lipinski definition) is 7. The molecule has 1 atom stereocenters. The van der Waals surface area contributed by atoms with Crippen molar-refractivity contribution in [2.45, 2.75) is 40.2 Å². The van der Waals surface area contributed by atoms with Crippen molar-refractivity contribution in [1.82, 2.24) is 9.69 Å². The van der Waals surface area contributed by atoms with Gasteiger partial charge in [-0.2, -0.15) is 4.37 Å². The number of nitrogen functional groups attached to an aromatic ring is 1. The average Bonchev–Trinajstić information content (AvgIpc) is 3.21. The van der Waals surface area contributed by atoms with Gasteiger partial charge < -0.3 is 21.9 Å². The Kier molecular flexibility index (Phi) is 8.31. The maximum absolute atomic E-state index is 14.0. The molecule has 10 heteroatoms. The number of phenolic OH excluding ortho intramolecular Hbond substituents is 1. The molecule has 0 aliphatic rings. The topological polar surface area (TPSA) is 152 Å². The number of benzene rings is 2. The first-order valence-electron chi connectivity index (χ1n) is 11.5. The number of nitrogens with zero attached hydrogens (tertiary/aromatic N) is 2. The molecule has 36 heavy (non-hydrogen) atoms. The van der Waals surface area contributed by atoms with Crippen molar-refractivity contribution in [3.8, 4) is 5.75 Å². The van der Waals surface area contributed by atoms with E-state index in [0.717, 1.165) is 29.1 Å². The first kappa shape index (κ1) is 26.7. The highest BCUT2D eigenvalue weighted by atomic mass is 32.1. The number of nitrogens with two attached hydrogens (primary N) is 2. The van der Waals surface area contributed by atoms with Gasteiger partial charge in [-0.05, 0) is 78.7 Å². The molecule has 0 aliphatic heterocycles. The number of aryl methyl sites for hydroxylation is 2. The molecule has 0 spiro atoms. The fraction of sp³-hybridized carbons (Fsp3) is 0.308. The van der Waals surface area contributed by atoms with Crippen LogP contribution in [0.15, 0.2) is 42.5 Å². The minimum absolute atomic E-state index is 0.000729. The Morgan fingerprint density at radius 3 is 2.31 bits per heavy atom. The van der Waals surface area contributed by atoms with E-state index in [4.69, 9.17) is 11.5 Å². The van der Waals surface area contributed by atoms with Gasteiger partial charge in [-0.15, -0.1) is 0 Å². The van der Waals surface area contributed by atoms with E-state index in [9.17, 15) is 19.5 Å². The number of aromatic hydroxyl groups is 1. The van der Waals surface area contributed by atoms with Crippen molar-refractivity contribution >= 4 is 40.6 Å². The molecule has 1 aromatic heterocycles. The number of carbonyl (C=O) groups is 3. The number of nitrogens with one attached hydrogen (secondary N) is 1. The third kappa shape index (κ3) is 5.83. The van der Waals surface area contributed by atoms with Crippen LogP contribution in [0, 0.1) is 19.8 Å². The summed E-state index contributed by atoms with van der Waals surface area (Å²) in [6, 6.07) is 10.4. The lowest BCUT2D eigenvalue weighted by Gasteiger charge is -2.32. The Labute approximate surface area is 214 Å². The number of rotatable bonds is 9. The lowest BCUT2D eigenvalue weighted by Crippen LogP contribution is -2.44. The number of anilines is 2. The van der Waals surface area contributed by atoms with Crippen LogP contribution in [0.4, 0.5) is 11.4 Å². The quantitative estimate of drug-likeness (QED) is 0.345. The Morgan fingerprint density at radius 1 is 1.08 bits per heavy atom. The second-order valence-electron chi connectivity index (χ2n) is 9.05. The molecule has 190 valence electrons. The van der Waals surface area contributed by atoms with Crippen molar-refractivity contribution in [2.75, 3.05) is 17.2 Å². The van der Waals surface area contributed by atoms with Crippen LogP contribution < -0.4 is 21.7 Å². The lowest BCUT2D eigenvalue weighted by atomic mass is 10.0. The number of phenols is 1. The predicted octanol–water partition coefficient (Wildman–Crippen LogP) is 3.70. The molecule has 3 rings (SSSR count). The highest BCUT2D eigenvalue weighted by Gasteiger charge is 2.36. The van der Waals surface area contributed by atoms with E-state index in [-0.39, 0.29) is 22.0 Å². The summed E-state index contributed by atoms with van der Waals surface area (Å²) in [5.41, 5.74) is 14.0. The highest BCUT2D eigenvalue weighted by molar-refractivity contribution is 7.09. The normalized spacial score (nSPS) is 11.8. The van der Waals surface area contributed by atoms with Gasteiger partial charge in [0, 0.05) is 12.2 Å². The SMILES string of the molecule is Cc1ccc(N(C(=O)c2snc(C(N)=O)c2N)[C@H](C(=O)NCCC(C)C)c2ccc(O)cc2)cc1C. The number of aromatic nitrogens is 1. The van der Waals surface area contributed by atoms with Gasteiger partial charge in [0.1, 0.15) is 16.7 Å². The van der Waals surface area contributed by atoms with Crippen molar-refractivity contribution in [2.24, 2.45) is 11.7 Å². The summed E-state index contributed by atoms with van der Waals surface area (Å²) in [5, 5.41) is 12.8. The highest BCUT2D eigenvalue weighted by Crippen LogP contribution is 2.34. The molecule has 3 amide bonds. The van der Waals surface area contributed by atoms with E-state index in [2.05, 4.69) is 23.5 Å². The molecule has 0 unspecified atom stereocenters. The number of carbonyl (C=O) groups excluding carboxylic acids is 3. The third-order valence-electron chi connectivity index (χ3n) is 5.88. The second kappa shape index (κ2) is 11.2. The summed E-state index contributed by atoms with van der Waals surface area (Å²) in [6.07, 6.45) is 0.759. The Morgan fingerprint density at radius 2 is 1.75 bits per heavy atom. The lowest BCUT2D eigenvalue weighted by molar-refractivity contribution is -0.122. The summed E-state index contributed by atoms with van der Waals surface area (Å²) in [6.45, 7) is 8.39. The average molecular weight is 510 g/mol. The van der Waals surface area contributed by atoms with Crippen LogP contribution in [0.2, 0.25) is 0 Å². The molecule has 0 bridgehead atoms. The van der Waals surface area contributed by atoms with Gasteiger partial charge in [0.25, 0.3) is 11.8 Å². The molecule has 0 radical (unpaired) electrons. The van der Waals surface area contributed by atoms with E-state index in [1.54, 1.807) is 18.2 Å². The van der Waals surface area contributed by atoms with Crippen LogP contribution in [0.25, 0.3) is 0 Å². The van der Waals surface area contributed by atoms with E-state index < -0.39 is 23.8 Å². The molecule has 1 heterocycles. The van der Waals surface area contributed by atoms with Crippen LogP contribution in [0.3, 0.4) is 0 Å². The van der Waals surface area contributed by atoms with Gasteiger partial charge in [-0.1, -0.05) is 32.0 Å². The van der Waals surface area contributed by atoms with Crippen LogP contribution in [0.1, 0.15) is 63.2 Å². The van der Waals surface area contributed by atoms with E-state index >= 15 is 0 Å². The van der Waals surface area contributed by atoms with Gasteiger partial charge in [-0.25, -0.2) is 0 Å². The Bertz CT molecular complexity index is 1270. The van der Waals surface area contributed by atoms with E-state index in [0.29, 0.717) is 23.7 Å². The molecule has 0 fully saturated rings. The maximum Gasteiger partial charge on any atom is 0.273 e. The van der Waals surface area contributed by atoms with Crippen molar-refractivity contribution < 1.29 is 19.5 Å². The Hall–Kier alpha value is -3.92. The smallest absolute Gasteiger partial charge is 0.273 e. The zero-order valence-electron chi connectivity index (χ0n) is 20.7. The zero-order chi connectivity index (χ0) is 26.6. The third-order valence-corrected chi connectivity index (χ3v) is 6.73. The van der Waals surface area contributed by atoms with Crippen LogP contribution in [-0.2, 0) is 4.79 Å². The maximum atomic E-state index is 14.0.